The summed E-state index contributed by atoms with van der Waals surface area (Å²) in [5.41, 5.74) is 1.71. The van der Waals surface area contributed by atoms with E-state index in [-0.39, 0.29) is 39.7 Å². The Kier molecular flexibility index (Phi) is 7.95. The molecule has 2 fully saturated rings. The first-order chi connectivity index (χ1) is 23.4. The lowest BCUT2D eigenvalue weighted by molar-refractivity contribution is -0.0298. The fraction of sp³-hybridized carbons (Fsp3) is 0.303. The van der Waals surface area contributed by atoms with Crippen molar-refractivity contribution in [2.75, 3.05) is 24.7 Å². The van der Waals surface area contributed by atoms with Gasteiger partial charge in [-0.15, -0.1) is 0 Å². The number of imidazole rings is 1. The van der Waals surface area contributed by atoms with Gasteiger partial charge in [0.25, 0.3) is 15.7 Å². The van der Waals surface area contributed by atoms with Crippen LogP contribution in [-0.4, -0.2) is 61.9 Å². The molecule has 4 aromatic heterocycles. The fourth-order valence-electron chi connectivity index (χ4n) is 6.66. The molecular weight excluding hydrogens is 656 g/mol. The predicted octanol–water partition coefficient (Wildman–Crippen LogP) is 4.95. The Hall–Kier alpha value is -4.63. The zero-order chi connectivity index (χ0) is 32.8. The Morgan fingerprint density at radius 1 is 0.979 bits per heavy atom. The van der Waals surface area contributed by atoms with Crippen molar-refractivity contribution in [2.24, 2.45) is 5.92 Å². The van der Waals surface area contributed by atoms with E-state index in [2.05, 4.69) is 4.98 Å². The molecule has 0 bridgehead atoms. The second kappa shape index (κ2) is 12.4. The monoisotopic (exact) mass is 686 g/mol. The van der Waals surface area contributed by atoms with E-state index in [0.29, 0.717) is 48.1 Å². The van der Waals surface area contributed by atoms with Crippen LogP contribution >= 0.6 is 11.6 Å². The van der Waals surface area contributed by atoms with E-state index in [4.69, 9.17) is 35.6 Å². The summed E-state index contributed by atoms with van der Waals surface area (Å²) in [5.74, 6) is 0.681. The lowest BCUT2D eigenvalue weighted by atomic mass is 10.1. The third-order valence-corrected chi connectivity index (χ3v) is 10.5. The van der Waals surface area contributed by atoms with Gasteiger partial charge in [-0.3, -0.25) is 18.1 Å². The summed E-state index contributed by atoms with van der Waals surface area (Å²) in [5, 5.41) is 5.24. The first kappa shape index (κ1) is 30.7. The van der Waals surface area contributed by atoms with Gasteiger partial charge in [-0.25, -0.2) is 19.5 Å². The molecule has 0 amide bonds. The average Bonchev–Trinajstić information content (AvgIpc) is 3.85. The number of fused-ring (bicyclic) bond motifs is 2. The summed E-state index contributed by atoms with van der Waals surface area (Å²) in [6, 6.07) is 18.4. The highest BCUT2D eigenvalue weighted by molar-refractivity contribution is 7.86. The summed E-state index contributed by atoms with van der Waals surface area (Å²) in [7, 11) is -4.00. The maximum atomic E-state index is 14.2. The van der Waals surface area contributed by atoms with Crippen molar-refractivity contribution >= 4 is 44.2 Å². The molecule has 8 rings (SSSR count). The average molecular weight is 687 g/mol. The van der Waals surface area contributed by atoms with Gasteiger partial charge in [0.05, 0.1) is 34.6 Å². The number of halogens is 1. The molecule has 3 atom stereocenters. The first-order valence-corrected chi connectivity index (χ1v) is 17.5. The largest absolute Gasteiger partial charge is 0.358 e. The van der Waals surface area contributed by atoms with Crippen molar-refractivity contribution in [1.82, 2.24) is 33.7 Å². The Bertz CT molecular complexity index is 2270. The standard InChI is InChI=1S/C33H31ClN8O5S/c34-25-14-15-41-29(25)33(43)42(23-9-3-1-4-10-23)30(38-41)26-17-22(19-47-48(44,45)24-11-5-2-6-12-24)18-39(26)31-28-32(36-20-35-31)40(21-37-28)27-13-7-8-16-46-27/h1-6,9-12,14-15,20-22,26-27H,7-8,13,16-19H2/t22-,26-,27-/m0/s1. The van der Waals surface area contributed by atoms with Crippen molar-refractivity contribution in [1.29, 1.82) is 0 Å². The van der Waals surface area contributed by atoms with Crippen molar-refractivity contribution in [3.05, 3.63) is 107 Å². The van der Waals surface area contributed by atoms with E-state index in [0.717, 1.165) is 19.3 Å². The second-order valence-electron chi connectivity index (χ2n) is 12.0. The first-order valence-electron chi connectivity index (χ1n) is 15.7. The minimum absolute atomic E-state index is 0.0823. The molecule has 6 aromatic rings. The lowest BCUT2D eigenvalue weighted by Crippen LogP contribution is -2.33. The molecule has 2 aliphatic heterocycles. The van der Waals surface area contributed by atoms with Gasteiger partial charge < -0.3 is 9.64 Å². The summed E-state index contributed by atoms with van der Waals surface area (Å²) in [4.78, 5) is 30.3. The highest BCUT2D eigenvalue weighted by Crippen LogP contribution is 2.41. The number of nitrogens with zero attached hydrogens (tertiary/aromatic N) is 8. The molecule has 0 spiro atoms. The number of rotatable bonds is 8. The fourth-order valence-corrected chi connectivity index (χ4v) is 7.88. The third kappa shape index (κ3) is 5.44. The third-order valence-electron chi connectivity index (χ3n) is 8.93. The van der Waals surface area contributed by atoms with Crippen LogP contribution in [0.1, 0.15) is 43.8 Å². The molecular formula is C33H31ClN8O5S. The molecule has 0 unspecified atom stereocenters. The number of anilines is 1. The van der Waals surface area contributed by atoms with E-state index in [9.17, 15) is 13.2 Å². The van der Waals surface area contributed by atoms with Crippen molar-refractivity contribution < 1.29 is 17.3 Å². The number of benzene rings is 2. The van der Waals surface area contributed by atoms with E-state index < -0.39 is 16.2 Å². The Morgan fingerprint density at radius 2 is 1.77 bits per heavy atom. The summed E-state index contributed by atoms with van der Waals surface area (Å²) >= 11 is 6.47. The van der Waals surface area contributed by atoms with Crippen LogP contribution in [0.3, 0.4) is 0 Å². The quantitative estimate of drug-likeness (QED) is 0.202. The van der Waals surface area contributed by atoms with Gasteiger partial charge in [0.2, 0.25) is 0 Å². The molecule has 0 aliphatic carbocycles. The van der Waals surface area contributed by atoms with Crippen LogP contribution in [0.25, 0.3) is 22.4 Å². The van der Waals surface area contributed by atoms with Crippen molar-refractivity contribution in [3.8, 4) is 5.69 Å². The summed E-state index contributed by atoms with van der Waals surface area (Å²) < 4.78 is 42.8. The van der Waals surface area contributed by atoms with Crippen molar-refractivity contribution in [3.63, 3.8) is 0 Å². The molecule has 6 heterocycles. The molecule has 0 N–H and O–H groups in total. The minimum atomic E-state index is -4.00. The predicted molar refractivity (Wildman–Crippen MR) is 178 cm³/mol. The Balaban J connectivity index is 1.24. The summed E-state index contributed by atoms with van der Waals surface area (Å²) in [6.07, 6.45) is 7.99. The minimum Gasteiger partial charge on any atom is -0.358 e. The highest BCUT2D eigenvalue weighted by atomic mass is 35.5. The SMILES string of the molecule is O=c1c2c(Cl)ccn2nc([C@@H]2C[C@H](COS(=O)(=O)c3ccccc3)CN2c2ncnc3c2ncn3[C@@H]2CCCCO2)n1-c1ccccc1. The Labute approximate surface area is 280 Å². The molecule has 13 nitrogen and oxygen atoms in total. The van der Waals surface area contributed by atoms with E-state index >= 15 is 0 Å². The molecule has 2 aliphatic rings. The van der Waals surface area contributed by atoms with Crippen LogP contribution in [-0.2, 0) is 19.0 Å². The number of hydrogen-bond donors (Lipinski definition) is 0. The van der Waals surface area contributed by atoms with E-state index in [1.54, 1.807) is 41.4 Å². The van der Waals surface area contributed by atoms with Crippen LogP contribution in [0.15, 0.2) is 95.3 Å². The molecule has 2 aromatic carbocycles. The zero-order valence-corrected chi connectivity index (χ0v) is 27.2. The maximum absolute atomic E-state index is 14.2. The highest BCUT2D eigenvalue weighted by Gasteiger charge is 2.40. The van der Waals surface area contributed by atoms with Crippen LogP contribution in [0.2, 0.25) is 5.02 Å². The molecule has 0 radical (unpaired) electrons. The second-order valence-corrected chi connectivity index (χ2v) is 14.0. The van der Waals surface area contributed by atoms with Gasteiger partial charge in [0.1, 0.15) is 18.1 Å². The summed E-state index contributed by atoms with van der Waals surface area (Å²) in [6.45, 7) is 0.928. The van der Waals surface area contributed by atoms with Gasteiger partial charge in [0, 0.05) is 25.3 Å². The maximum Gasteiger partial charge on any atom is 0.296 e. The van der Waals surface area contributed by atoms with Crippen molar-refractivity contribution in [2.45, 2.75) is 42.8 Å². The normalized spacial score (nSPS) is 20.2. The molecule has 0 saturated carbocycles. The molecule has 48 heavy (non-hydrogen) atoms. The molecule has 2 saturated heterocycles. The van der Waals surface area contributed by atoms with Gasteiger partial charge >= 0.3 is 0 Å². The zero-order valence-electron chi connectivity index (χ0n) is 25.7. The Morgan fingerprint density at radius 3 is 2.54 bits per heavy atom. The van der Waals surface area contributed by atoms with Crippen LogP contribution in [0, 0.1) is 5.92 Å². The lowest BCUT2D eigenvalue weighted by Gasteiger charge is -2.27. The molecule has 246 valence electrons. The van der Waals surface area contributed by atoms with Crippen LogP contribution in [0.5, 0.6) is 0 Å². The van der Waals surface area contributed by atoms with Crippen LogP contribution < -0.4 is 10.5 Å². The number of aromatic nitrogens is 7. The van der Waals surface area contributed by atoms with E-state index in [1.807, 2.05) is 39.8 Å². The van der Waals surface area contributed by atoms with Gasteiger partial charge in [-0.05, 0) is 56.0 Å². The topological polar surface area (TPSA) is 139 Å². The molecule has 15 heteroatoms. The smallest absolute Gasteiger partial charge is 0.296 e. The number of hydrogen-bond acceptors (Lipinski definition) is 10. The van der Waals surface area contributed by atoms with Gasteiger partial charge in [-0.1, -0.05) is 48.0 Å². The van der Waals surface area contributed by atoms with Crippen LogP contribution in [0.4, 0.5) is 5.82 Å². The van der Waals surface area contributed by atoms with Gasteiger partial charge in [0.15, 0.2) is 22.8 Å². The number of para-hydroxylation sites is 1. The number of ether oxygens (including phenoxy) is 1. The van der Waals surface area contributed by atoms with E-state index in [1.165, 1.54) is 23.0 Å². The van der Waals surface area contributed by atoms with Gasteiger partial charge in [-0.2, -0.15) is 13.5 Å².